The predicted molar refractivity (Wildman–Crippen MR) is 77.2 cm³/mol. The Morgan fingerprint density at radius 3 is 2.63 bits per heavy atom. The summed E-state index contributed by atoms with van der Waals surface area (Å²) >= 11 is 5.27. The zero-order valence-electron chi connectivity index (χ0n) is 10.3. The second kappa shape index (κ2) is 4.97. The summed E-state index contributed by atoms with van der Waals surface area (Å²) in [7, 11) is 0. The minimum absolute atomic E-state index is 0.262. The molecule has 0 radical (unpaired) electrons. The predicted octanol–water partition coefficient (Wildman–Crippen LogP) is 4.08. The number of hydrogen-bond donors (Lipinski definition) is 1. The van der Waals surface area contributed by atoms with Crippen LogP contribution in [0.3, 0.4) is 0 Å². The van der Waals surface area contributed by atoms with Crippen LogP contribution in [0.1, 0.15) is 5.56 Å². The van der Waals surface area contributed by atoms with Gasteiger partial charge in [-0.25, -0.2) is 4.39 Å². The summed E-state index contributed by atoms with van der Waals surface area (Å²) in [5.74, 6) is -0.262. The maximum absolute atomic E-state index is 13.7. The molecule has 0 aliphatic rings. The van der Waals surface area contributed by atoms with Crippen molar-refractivity contribution in [3.8, 4) is 0 Å². The molecule has 0 atom stereocenters. The van der Waals surface area contributed by atoms with Crippen LogP contribution in [-0.2, 0) is 13.0 Å². The lowest BCUT2D eigenvalue weighted by atomic mass is 10.1. The van der Waals surface area contributed by atoms with Crippen LogP contribution in [0.15, 0.2) is 48.5 Å². The van der Waals surface area contributed by atoms with Crippen molar-refractivity contribution in [1.82, 2.24) is 9.55 Å². The second-order valence-electron chi connectivity index (χ2n) is 4.45. The molecule has 4 heteroatoms. The zero-order valence-corrected chi connectivity index (χ0v) is 11.1. The molecule has 96 valence electrons. The third-order valence-electron chi connectivity index (χ3n) is 3.23. The van der Waals surface area contributed by atoms with Crippen molar-refractivity contribution in [2.75, 3.05) is 0 Å². The number of nitrogens with one attached hydrogen (secondary N) is 1. The molecule has 1 aromatic heterocycles. The zero-order chi connectivity index (χ0) is 13.2. The molecule has 1 heterocycles. The van der Waals surface area contributed by atoms with E-state index < -0.39 is 0 Å². The first-order valence-corrected chi connectivity index (χ1v) is 6.57. The van der Waals surface area contributed by atoms with Crippen molar-refractivity contribution in [1.29, 1.82) is 0 Å². The molecule has 1 N–H and O–H groups in total. The van der Waals surface area contributed by atoms with Gasteiger partial charge in [-0.1, -0.05) is 36.4 Å². The molecule has 3 aromatic rings. The van der Waals surface area contributed by atoms with E-state index in [1.165, 1.54) is 11.6 Å². The van der Waals surface area contributed by atoms with Crippen molar-refractivity contribution in [2.45, 2.75) is 13.0 Å². The van der Waals surface area contributed by atoms with Crippen molar-refractivity contribution >= 4 is 23.3 Å². The molecule has 0 aliphatic heterocycles. The van der Waals surface area contributed by atoms with Gasteiger partial charge in [-0.15, -0.1) is 0 Å². The molecule has 2 aromatic carbocycles. The highest BCUT2D eigenvalue weighted by Crippen LogP contribution is 2.17. The first-order chi connectivity index (χ1) is 9.25. The van der Waals surface area contributed by atoms with E-state index in [0.717, 1.165) is 18.5 Å². The number of imidazole rings is 1. The number of aryl methyl sites for hydroxylation is 2. The van der Waals surface area contributed by atoms with Crippen molar-refractivity contribution < 1.29 is 4.39 Å². The van der Waals surface area contributed by atoms with E-state index in [1.807, 2.05) is 28.8 Å². The fourth-order valence-electron chi connectivity index (χ4n) is 2.25. The standard InChI is InChI=1S/C15H13FN2S/c16-12-7-4-8-13-14(12)17-15(19)18(13)10-9-11-5-2-1-3-6-11/h1-8H,9-10H2,(H,17,19). The highest BCUT2D eigenvalue weighted by molar-refractivity contribution is 7.71. The third-order valence-corrected chi connectivity index (χ3v) is 3.55. The van der Waals surface area contributed by atoms with Gasteiger partial charge >= 0.3 is 0 Å². The maximum atomic E-state index is 13.7. The average molecular weight is 272 g/mol. The summed E-state index contributed by atoms with van der Waals surface area (Å²) in [5, 5.41) is 0. The molecule has 0 fully saturated rings. The van der Waals surface area contributed by atoms with Gasteiger partial charge in [0.25, 0.3) is 0 Å². The minimum Gasteiger partial charge on any atom is -0.328 e. The van der Waals surface area contributed by atoms with Gasteiger partial charge < -0.3 is 9.55 Å². The number of benzene rings is 2. The summed E-state index contributed by atoms with van der Waals surface area (Å²) in [4.78, 5) is 2.93. The number of para-hydroxylation sites is 1. The fourth-order valence-corrected chi connectivity index (χ4v) is 2.54. The Balaban J connectivity index is 1.95. The highest BCUT2D eigenvalue weighted by Gasteiger charge is 2.07. The quantitative estimate of drug-likeness (QED) is 0.712. The number of aromatic nitrogens is 2. The highest BCUT2D eigenvalue weighted by atomic mass is 32.1. The second-order valence-corrected chi connectivity index (χ2v) is 4.84. The van der Waals surface area contributed by atoms with Crippen LogP contribution in [0.25, 0.3) is 11.0 Å². The summed E-state index contributed by atoms with van der Waals surface area (Å²) in [5.41, 5.74) is 2.55. The Labute approximate surface area is 115 Å². The number of halogens is 1. The summed E-state index contributed by atoms with van der Waals surface area (Å²) < 4.78 is 16.2. The van der Waals surface area contributed by atoms with Crippen molar-refractivity contribution in [2.24, 2.45) is 0 Å². The number of nitrogens with zero attached hydrogens (tertiary/aromatic N) is 1. The van der Waals surface area contributed by atoms with Gasteiger partial charge in [-0.05, 0) is 36.3 Å². The molecule has 0 saturated carbocycles. The van der Waals surface area contributed by atoms with Crippen LogP contribution in [-0.4, -0.2) is 9.55 Å². The Morgan fingerprint density at radius 1 is 1.05 bits per heavy atom. The summed E-state index contributed by atoms with van der Waals surface area (Å²) in [6.45, 7) is 0.742. The van der Waals surface area contributed by atoms with Gasteiger partial charge in [-0.3, -0.25) is 0 Å². The molecule has 3 rings (SSSR count). The normalized spacial score (nSPS) is 11.0. The number of aromatic amines is 1. The van der Waals surface area contributed by atoms with E-state index in [0.29, 0.717) is 10.3 Å². The molecule has 19 heavy (non-hydrogen) atoms. The lowest BCUT2D eigenvalue weighted by Crippen LogP contribution is -2.01. The van der Waals surface area contributed by atoms with E-state index in [2.05, 4.69) is 17.1 Å². The minimum atomic E-state index is -0.262. The molecule has 0 aliphatic carbocycles. The number of H-pyrrole nitrogens is 1. The Morgan fingerprint density at radius 2 is 1.84 bits per heavy atom. The van der Waals surface area contributed by atoms with Gasteiger partial charge in [0, 0.05) is 6.54 Å². The molecular weight excluding hydrogens is 259 g/mol. The van der Waals surface area contributed by atoms with Crippen LogP contribution in [0.5, 0.6) is 0 Å². The molecule has 0 unspecified atom stereocenters. The first-order valence-electron chi connectivity index (χ1n) is 6.16. The van der Waals surface area contributed by atoms with E-state index in [-0.39, 0.29) is 5.82 Å². The Kier molecular flexibility index (Phi) is 3.17. The first kappa shape index (κ1) is 12.1. The maximum Gasteiger partial charge on any atom is 0.178 e. The third kappa shape index (κ3) is 2.31. The van der Waals surface area contributed by atoms with Crippen LogP contribution >= 0.6 is 12.2 Å². The Bertz CT molecular complexity index is 759. The van der Waals surface area contributed by atoms with E-state index in [1.54, 1.807) is 6.07 Å². The monoisotopic (exact) mass is 272 g/mol. The van der Waals surface area contributed by atoms with Gasteiger partial charge in [0.1, 0.15) is 11.3 Å². The van der Waals surface area contributed by atoms with Crippen LogP contribution in [0, 0.1) is 10.6 Å². The average Bonchev–Trinajstić information content (AvgIpc) is 2.75. The number of hydrogen-bond acceptors (Lipinski definition) is 1. The van der Waals surface area contributed by atoms with Gasteiger partial charge in [0.2, 0.25) is 0 Å². The molecule has 0 bridgehead atoms. The molecular formula is C15H13FN2S. The number of fused-ring (bicyclic) bond motifs is 1. The number of rotatable bonds is 3. The summed E-state index contributed by atoms with van der Waals surface area (Å²) in [6.07, 6.45) is 0.874. The van der Waals surface area contributed by atoms with E-state index in [9.17, 15) is 4.39 Å². The van der Waals surface area contributed by atoms with Crippen LogP contribution in [0.4, 0.5) is 4.39 Å². The van der Waals surface area contributed by atoms with E-state index >= 15 is 0 Å². The van der Waals surface area contributed by atoms with Crippen molar-refractivity contribution in [3.63, 3.8) is 0 Å². The van der Waals surface area contributed by atoms with E-state index in [4.69, 9.17) is 12.2 Å². The molecule has 0 amide bonds. The van der Waals surface area contributed by atoms with Gasteiger partial charge in [0.05, 0.1) is 5.52 Å². The summed E-state index contributed by atoms with van der Waals surface area (Å²) in [6, 6.07) is 15.2. The fraction of sp³-hybridized carbons (Fsp3) is 0.133. The molecule has 0 spiro atoms. The van der Waals surface area contributed by atoms with Gasteiger partial charge in [-0.2, -0.15) is 0 Å². The Hall–Kier alpha value is -1.94. The SMILES string of the molecule is Fc1cccc2c1[nH]c(=S)n2CCc1ccccc1. The molecule has 2 nitrogen and oxygen atoms in total. The topological polar surface area (TPSA) is 20.7 Å². The van der Waals surface area contributed by atoms with Crippen molar-refractivity contribution in [3.05, 3.63) is 64.7 Å². The van der Waals surface area contributed by atoms with Crippen LogP contribution in [0.2, 0.25) is 0 Å². The smallest absolute Gasteiger partial charge is 0.178 e. The largest absolute Gasteiger partial charge is 0.328 e. The van der Waals surface area contributed by atoms with Crippen LogP contribution < -0.4 is 0 Å². The van der Waals surface area contributed by atoms with Gasteiger partial charge in [0.15, 0.2) is 4.77 Å². The lowest BCUT2D eigenvalue weighted by Gasteiger charge is -2.04. The molecule has 0 saturated heterocycles. The lowest BCUT2D eigenvalue weighted by molar-refractivity contribution is 0.637.